The smallest absolute Gasteiger partial charge is 0.163 e. The molecular weight excluding hydrogens is 328 g/mol. The molecule has 0 unspecified atom stereocenters. The number of nitrogens with one attached hydrogen (secondary N) is 1. The van der Waals surface area contributed by atoms with Crippen molar-refractivity contribution in [2.24, 2.45) is 0 Å². The Bertz CT molecular complexity index is 1010. The van der Waals surface area contributed by atoms with Crippen LogP contribution in [0, 0.1) is 13.8 Å². The molecule has 25 heavy (non-hydrogen) atoms. The van der Waals surface area contributed by atoms with Gasteiger partial charge in [-0.05, 0) is 37.1 Å². The first kappa shape index (κ1) is 15.7. The molecular formula is C20H18N4S. The molecule has 5 heteroatoms. The van der Waals surface area contributed by atoms with Crippen LogP contribution in [0.3, 0.4) is 0 Å². The number of nitrogens with zero attached hydrogens (tertiary/aromatic N) is 3. The average Bonchev–Trinajstić information content (AvgIpc) is 2.95. The molecule has 3 aromatic heterocycles. The highest BCUT2D eigenvalue weighted by molar-refractivity contribution is 7.18. The number of fused-ring (bicyclic) bond motifs is 1. The Hall–Kier alpha value is -2.79. The minimum atomic E-state index is 0.728. The van der Waals surface area contributed by atoms with Crippen LogP contribution >= 0.6 is 11.3 Å². The third kappa shape index (κ3) is 3.10. The molecule has 4 aromatic rings. The SMILES string of the molecule is Cc1sc2nc(-c3ccncc3)nc(NCc3ccccc3)c2c1C. The van der Waals surface area contributed by atoms with Crippen molar-refractivity contribution in [1.82, 2.24) is 15.0 Å². The quantitative estimate of drug-likeness (QED) is 0.566. The maximum atomic E-state index is 4.82. The zero-order valence-electron chi connectivity index (χ0n) is 14.2. The summed E-state index contributed by atoms with van der Waals surface area (Å²) in [6.45, 7) is 5.00. The molecule has 1 N–H and O–H groups in total. The summed E-state index contributed by atoms with van der Waals surface area (Å²) < 4.78 is 0. The van der Waals surface area contributed by atoms with Crippen molar-refractivity contribution in [2.45, 2.75) is 20.4 Å². The molecule has 0 aliphatic heterocycles. The van der Waals surface area contributed by atoms with Crippen LogP contribution in [0.15, 0.2) is 54.9 Å². The van der Waals surface area contributed by atoms with Gasteiger partial charge in [-0.1, -0.05) is 30.3 Å². The fourth-order valence-electron chi connectivity index (χ4n) is 2.79. The normalized spacial score (nSPS) is 11.0. The van der Waals surface area contributed by atoms with E-state index < -0.39 is 0 Å². The molecule has 1 aromatic carbocycles. The number of anilines is 1. The number of aromatic nitrogens is 3. The second-order valence-electron chi connectivity index (χ2n) is 5.93. The number of pyridine rings is 1. The summed E-state index contributed by atoms with van der Waals surface area (Å²) in [6.07, 6.45) is 3.54. The van der Waals surface area contributed by atoms with Gasteiger partial charge in [0.15, 0.2) is 5.82 Å². The highest BCUT2D eigenvalue weighted by atomic mass is 32.1. The number of thiophene rings is 1. The van der Waals surface area contributed by atoms with Gasteiger partial charge < -0.3 is 5.32 Å². The molecule has 0 aliphatic carbocycles. The Kier molecular flexibility index (Phi) is 4.15. The molecule has 4 nitrogen and oxygen atoms in total. The molecule has 3 heterocycles. The lowest BCUT2D eigenvalue weighted by Gasteiger charge is -2.10. The number of hydrogen-bond donors (Lipinski definition) is 1. The molecule has 0 aliphatic rings. The predicted octanol–water partition coefficient (Wildman–Crippen LogP) is 4.98. The van der Waals surface area contributed by atoms with Crippen molar-refractivity contribution >= 4 is 27.4 Å². The number of rotatable bonds is 4. The lowest BCUT2D eigenvalue weighted by atomic mass is 10.2. The van der Waals surface area contributed by atoms with Gasteiger partial charge in [0, 0.05) is 29.4 Å². The van der Waals surface area contributed by atoms with E-state index in [4.69, 9.17) is 9.97 Å². The molecule has 4 rings (SSSR count). The van der Waals surface area contributed by atoms with Crippen LogP contribution in [-0.4, -0.2) is 15.0 Å². The minimum Gasteiger partial charge on any atom is -0.365 e. The Morgan fingerprint density at radius 2 is 1.72 bits per heavy atom. The molecule has 0 radical (unpaired) electrons. The van der Waals surface area contributed by atoms with Crippen LogP contribution in [0.5, 0.6) is 0 Å². The molecule has 0 fully saturated rings. The van der Waals surface area contributed by atoms with Crippen molar-refractivity contribution in [3.8, 4) is 11.4 Å². The fourth-order valence-corrected chi connectivity index (χ4v) is 3.82. The van der Waals surface area contributed by atoms with E-state index in [9.17, 15) is 0 Å². The monoisotopic (exact) mass is 346 g/mol. The van der Waals surface area contributed by atoms with Gasteiger partial charge in [-0.2, -0.15) is 0 Å². The maximum Gasteiger partial charge on any atom is 0.163 e. The van der Waals surface area contributed by atoms with Crippen LogP contribution in [0.2, 0.25) is 0 Å². The summed E-state index contributed by atoms with van der Waals surface area (Å²) in [5.41, 5.74) is 3.45. The Labute approximate surface area is 150 Å². The van der Waals surface area contributed by atoms with Gasteiger partial charge in [-0.25, -0.2) is 9.97 Å². The molecule has 0 amide bonds. The van der Waals surface area contributed by atoms with Crippen molar-refractivity contribution in [1.29, 1.82) is 0 Å². The fraction of sp³-hybridized carbons (Fsp3) is 0.150. The van der Waals surface area contributed by atoms with Crippen LogP contribution in [-0.2, 0) is 6.54 Å². The summed E-state index contributed by atoms with van der Waals surface area (Å²) in [6, 6.07) is 14.2. The maximum absolute atomic E-state index is 4.82. The van der Waals surface area contributed by atoms with Gasteiger partial charge in [0.1, 0.15) is 10.6 Å². The zero-order chi connectivity index (χ0) is 17.2. The van der Waals surface area contributed by atoms with Gasteiger partial charge in [0.25, 0.3) is 0 Å². The Balaban J connectivity index is 1.80. The van der Waals surface area contributed by atoms with Gasteiger partial charge in [-0.15, -0.1) is 11.3 Å². The van der Waals surface area contributed by atoms with Gasteiger partial charge in [0.05, 0.1) is 5.39 Å². The van der Waals surface area contributed by atoms with Crippen LogP contribution in [0.4, 0.5) is 5.82 Å². The molecule has 0 atom stereocenters. The van der Waals surface area contributed by atoms with E-state index >= 15 is 0 Å². The second kappa shape index (κ2) is 6.61. The van der Waals surface area contributed by atoms with E-state index in [-0.39, 0.29) is 0 Å². The molecule has 124 valence electrons. The van der Waals surface area contributed by atoms with Crippen LogP contribution in [0.25, 0.3) is 21.6 Å². The predicted molar refractivity (Wildman–Crippen MR) is 104 cm³/mol. The van der Waals surface area contributed by atoms with Gasteiger partial charge in [0.2, 0.25) is 0 Å². The van der Waals surface area contributed by atoms with E-state index in [1.165, 1.54) is 16.0 Å². The first-order chi connectivity index (χ1) is 12.2. The Morgan fingerprint density at radius 1 is 0.960 bits per heavy atom. The van der Waals surface area contributed by atoms with Crippen LogP contribution < -0.4 is 5.32 Å². The molecule has 0 saturated carbocycles. The first-order valence-electron chi connectivity index (χ1n) is 8.18. The third-order valence-corrected chi connectivity index (χ3v) is 5.37. The van der Waals surface area contributed by atoms with Gasteiger partial charge >= 0.3 is 0 Å². The number of benzene rings is 1. The van der Waals surface area contributed by atoms with E-state index in [2.05, 4.69) is 48.4 Å². The first-order valence-corrected chi connectivity index (χ1v) is 9.00. The number of hydrogen-bond acceptors (Lipinski definition) is 5. The summed E-state index contributed by atoms with van der Waals surface area (Å²) in [4.78, 5) is 16.0. The largest absolute Gasteiger partial charge is 0.365 e. The topological polar surface area (TPSA) is 50.7 Å². The van der Waals surface area contributed by atoms with E-state index in [0.29, 0.717) is 0 Å². The highest BCUT2D eigenvalue weighted by Crippen LogP contribution is 2.35. The Morgan fingerprint density at radius 3 is 2.48 bits per heavy atom. The zero-order valence-corrected chi connectivity index (χ0v) is 15.0. The number of aryl methyl sites for hydroxylation is 2. The van der Waals surface area contributed by atoms with Crippen molar-refractivity contribution in [2.75, 3.05) is 5.32 Å². The summed E-state index contributed by atoms with van der Waals surface area (Å²) >= 11 is 1.72. The van der Waals surface area contributed by atoms with Crippen LogP contribution in [0.1, 0.15) is 16.0 Å². The summed E-state index contributed by atoms with van der Waals surface area (Å²) in [5, 5.41) is 4.63. The second-order valence-corrected chi connectivity index (χ2v) is 7.14. The molecule has 0 bridgehead atoms. The standard InChI is InChI=1S/C20H18N4S/c1-13-14(2)25-20-17(13)19(22-12-15-6-4-3-5-7-15)23-18(24-20)16-8-10-21-11-9-16/h3-11H,12H2,1-2H3,(H,22,23,24). The lowest BCUT2D eigenvalue weighted by molar-refractivity contribution is 1.11. The summed E-state index contributed by atoms with van der Waals surface area (Å²) in [5.74, 6) is 1.62. The average molecular weight is 346 g/mol. The summed E-state index contributed by atoms with van der Waals surface area (Å²) in [7, 11) is 0. The highest BCUT2D eigenvalue weighted by Gasteiger charge is 2.15. The van der Waals surface area contributed by atoms with E-state index in [1.54, 1.807) is 23.7 Å². The van der Waals surface area contributed by atoms with Crippen molar-refractivity contribution in [3.05, 3.63) is 70.9 Å². The minimum absolute atomic E-state index is 0.728. The van der Waals surface area contributed by atoms with Gasteiger partial charge in [-0.3, -0.25) is 4.98 Å². The van der Waals surface area contributed by atoms with Crippen molar-refractivity contribution < 1.29 is 0 Å². The molecule has 0 saturated heterocycles. The molecule has 0 spiro atoms. The van der Waals surface area contributed by atoms with Crippen molar-refractivity contribution in [3.63, 3.8) is 0 Å². The van der Waals surface area contributed by atoms with E-state index in [0.717, 1.165) is 34.0 Å². The lowest BCUT2D eigenvalue weighted by Crippen LogP contribution is -2.04. The third-order valence-electron chi connectivity index (χ3n) is 4.27. The van der Waals surface area contributed by atoms with E-state index in [1.807, 2.05) is 18.2 Å².